The summed E-state index contributed by atoms with van der Waals surface area (Å²) in [5, 5.41) is 5.14. The topological polar surface area (TPSA) is 55.9 Å². The Labute approximate surface area is 126 Å². The third-order valence-corrected chi connectivity index (χ3v) is 4.82. The van der Waals surface area contributed by atoms with Crippen molar-refractivity contribution in [2.75, 3.05) is 0 Å². The Balaban J connectivity index is 2.26. The van der Waals surface area contributed by atoms with Crippen molar-refractivity contribution in [3.63, 3.8) is 0 Å². The number of aryl methyl sites for hydroxylation is 2. The van der Waals surface area contributed by atoms with E-state index in [9.17, 15) is 0 Å². The van der Waals surface area contributed by atoms with E-state index in [-0.39, 0.29) is 6.04 Å². The third-order valence-electron chi connectivity index (χ3n) is 3.04. The fourth-order valence-corrected chi connectivity index (χ4v) is 3.48. The summed E-state index contributed by atoms with van der Waals surface area (Å²) in [6, 6.07) is 3.83. The number of nitrogens with one attached hydrogen (secondary N) is 1. The molecule has 1 atom stereocenters. The van der Waals surface area contributed by atoms with E-state index in [4.69, 9.17) is 29.0 Å². The molecule has 0 spiro atoms. The predicted molar refractivity (Wildman–Crippen MR) is 80.7 cm³/mol. The van der Waals surface area contributed by atoms with Crippen molar-refractivity contribution >= 4 is 34.5 Å². The van der Waals surface area contributed by atoms with Crippen LogP contribution in [0.25, 0.3) is 0 Å². The zero-order valence-electron chi connectivity index (χ0n) is 10.8. The van der Waals surface area contributed by atoms with Crippen LogP contribution in [0.2, 0.25) is 9.36 Å². The van der Waals surface area contributed by atoms with Gasteiger partial charge in [-0.1, -0.05) is 30.1 Å². The maximum atomic E-state index is 6.35. The number of hydrogen-bond acceptors (Lipinski definition) is 4. The van der Waals surface area contributed by atoms with E-state index >= 15 is 0 Å². The van der Waals surface area contributed by atoms with E-state index in [1.807, 2.05) is 30.8 Å². The van der Waals surface area contributed by atoms with Crippen LogP contribution in [0.3, 0.4) is 0 Å². The lowest BCUT2D eigenvalue weighted by molar-refractivity contribution is 0.537. The lowest BCUT2D eigenvalue weighted by Gasteiger charge is -2.14. The number of aromatic nitrogens is 2. The molecule has 0 aromatic carbocycles. The molecule has 0 radical (unpaired) electrons. The summed E-state index contributed by atoms with van der Waals surface area (Å²) in [7, 11) is 1.90. The summed E-state index contributed by atoms with van der Waals surface area (Å²) in [4.78, 5) is 1.09. The standard InChI is InChI=1S/C12H16Cl2N4S/c1-3-7-12(14)9(18(2)17-7)6-8(16-15)10-4-5-11(13)19-10/h4-5,8,16H,3,6,15H2,1-2H3. The van der Waals surface area contributed by atoms with Gasteiger partial charge in [0.15, 0.2) is 0 Å². The van der Waals surface area contributed by atoms with Crippen molar-refractivity contribution in [2.24, 2.45) is 12.9 Å². The first-order valence-corrected chi connectivity index (χ1v) is 7.55. The van der Waals surface area contributed by atoms with E-state index in [1.54, 1.807) is 0 Å². The quantitative estimate of drug-likeness (QED) is 0.658. The van der Waals surface area contributed by atoms with Gasteiger partial charge < -0.3 is 0 Å². The zero-order valence-corrected chi connectivity index (χ0v) is 13.1. The second-order valence-corrected chi connectivity index (χ2v) is 6.37. The van der Waals surface area contributed by atoms with Gasteiger partial charge in [-0.3, -0.25) is 16.0 Å². The van der Waals surface area contributed by atoms with Crippen molar-refractivity contribution in [3.05, 3.63) is 37.8 Å². The molecule has 1 unspecified atom stereocenters. The smallest absolute Gasteiger partial charge is 0.0931 e. The highest BCUT2D eigenvalue weighted by Gasteiger charge is 2.19. The summed E-state index contributed by atoms with van der Waals surface area (Å²) < 4.78 is 2.57. The van der Waals surface area contributed by atoms with Gasteiger partial charge in [0, 0.05) is 18.3 Å². The van der Waals surface area contributed by atoms with Crippen molar-refractivity contribution in [3.8, 4) is 0 Å². The fraction of sp³-hybridized carbons (Fsp3) is 0.417. The molecule has 2 rings (SSSR count). The van der Waals surface area contributed by atoms with Gasteiger partial charge in [-0.15, -0.1) is 11.3 Å². The monoisotopic (exact) mass is 318 g/mol. The number of rotatable bonds is 5. The molecule has 4 nitrogen and oxygen atoms in total. The number of hydrogen-bond donors (Lipinski definition) is 2. The molecule has 2 heterocycles. The van der Waals surface area contributed by atoms with Gasteiger partial charge >= 0.3 is 0 Å². The molecular formula is C12H16Cl2N4S. The first-order chi connectivity index (χ1) is 9.06. The Hall–Kier alpha value is -0.590. The molecule has 0 saturated carbocycles. The van der Waals surface area contributed by atoms with Gasteiger partial charge in [0.05, 0.1) is 26.8 Å². The summed E-state index contributed by atoms with van der Waals surface area (Å²) in [5.74, 6) is 5.64. The molecule has 2 aromatic rings. The number of halogens is 2. The molecule has 0 bridgehead atoms. The highest BCUT2D eigenvalue weighted by atomic mass is 35.5. The molecule has 0 aliphatic carbocycles. The third kappa shape index (κ3) is 3.12. The lowest BCUT2D eigenvalue weighted by Crippen LogP contribution is -2.29. The second kappa shape index (κ2) is 6.24. The highest BCUT2D eigenvalue weighted by molar-refractivity contribution is 7.16. The van der Waals surface area contributed by atoms with E-state index in [1.165, 1.54) is 11.3 Å². The summed E-state index contributed by atoms with van der Waals surface area (Å²) in [6.07, 6.45) is 1.49. The number of hydrazine groups is 1. The van der Waals surface area contributed by atoms with Crippen LogP contribution in [-0.4, -0.2) is 9.78 Å². The second-order valence-electron chi connectivity index (χ2n) is 4.25. The van der Waals surface area contributed by atoms with E-state index in [0.717, 1.165) is 32.0 Å². The first-order valence-electron chi connectivity index (χ1n) is 5.98. The Morgan fingerprint density at radius 2 is 2.21 bits per heavy atom. The Morgan fingerprint density at radius 1 is 1.47 bits per heavy atom. The average Bonchev–Trinajstić information content (AvgIpc) is 2.92. The maximum Gasteiger partial charge on any atom is 0.0931 e. The Bertz CT molecular complexity index is 564. The van der Waals surface area contributed by atoms with Crippen LogP contribution in [0.4, 0.5) is 0 Å². The van der Waals surface area contributed by atoms with Crippen LogP contribution in [-0.2, 0) is 19.9 Å². The van der Waals surface area contributed by atoms with E-state index in [2.05, 4.69) is 10.5 Å². The highest BCUT2D eigenvalue weighted by Crippen LogP contribution is 2.31. The van der Waals surface area contributed by atoms with Gasteiger partial charge in [0.25, 0.3) is 0 Å². The van der Waals surface area contributed by atoms with Gasteiger partial charge in [-0.05, 0) is 18.6 Å². The predicted octanol–water partition coefficient (Wildman–Crippen LogP) is 3.10. The molecule has 0 fully saturated rings. The largest absolute Gasteiger partial charge is 0.271 e. The molecule has 104 valence electrons. The minimum Gasteiger partial charge on any atom is -0.271 e. The molecule has 0 amide bonds. The molecule has 0 saturated heterocycles. The van der Waals surface area contributed by atoms with Crippen molar-refractivity contribution < 1.29 is 0 Å². The molecular weight excluding hydrogens is 303 g/mol. The van der Waals surface area contributed by atoms with Crippen LogP contribution < -0.4 is 11.3 Å². The molecule has 0 aliphatic rings. The van der Waals surface area contributed by atoms with E-state index < -0.39 is 0 Å². The van der Waals surface area contributed by atoms with Gasteiger partial charge in [-0.25, -0.2) is 0 Å². The van der Waals surface area contributed by atoms with Crippen molar-refractivity contribution in [1.82, 2.24) is 15.2 Å². The van der Waals surface area contributed by atoms with Gasteiger partial charge in [0.1, 0.15) is 0 Å². The van der Waals surface area contributed by atoms with Crippen LogP contribution in [0.1, 0.15) is 29.2 Å². The summed E-state index contributed by atoms with van der Waals surface area (Å²) in [5.41, 5.74) is 4.71. The number of thiophene rings is 1. The van der Waals surface area contributed by atoms with Gasteiger partial charge in [-0.2, -0.15) is 5.10 Å². The lowest BCUT2D eigenvalue weighted by atomic mass is 10.1. The zero-order chi connectivity index (χ0) is 14.0. The van der Waals surface area contributed by atoms with E-state index in [0.29, 0.717) is 6.42 Å². The molecule has 2 aromatic heterocycles. The molecule has 19 heavy (non-hydrogen) atoms. The van der Waals surface area contributed by atoms with Gasteiger partial charge in [0.2, 0.25) is 0 Å². The van der Waals surface area contributed by atoms with Crippen LogP contribution >= 0.6 is 34.5 Å². The normalized spacial score (nSPS) is 12.9. The van der Waals surface area contributed by atoms with Crippen LogP contribution in [0, 0.1) is 0 Å². The molecule has 0 aliphatic heterocycles. The fourth-order valence-electron chi connectivity index (χ4n) is 1.99. The number of nitrogens with two attached hydrogens (primary N) is 1. The Kier molecular flexibility index (Phi) is 4.86. The number of nitrogens with zero attached hydrogens (tertiary/aromatic N) is 2. The van der Waals surface area contributed by atoms with Crippen molar-refractivity contribution in [1.29, 1.82) is 0 Å². The van der Waals surface area contributed by atoms with Crippen molar-refractivity contribution in [2.45, 2.75) is 25.8 Å². The first kappa shape index (κ1) is 14.8. The minimum atomic E-state index is -0.0184. The SMILES string of the molecule is CCc1nn(C)c(CC(NN)c2ccc(Cl)s2)c1Cl. The average molecular weight is 319 g/mol. The molecule has 7 heteroatoms. The minimum absolute atomic E-state index is 0.0184. The van der Waals surface area contributed by atoms with Crippen LogP contribution in [0.5, 0.6) is 0 Å². The summed E-state index contributed by atoms with van der Waals surface area (Å²) in [6.45, 7) is 2.04. The Morgan fingerprint density at radius 3 is 2.68 bits per heavy atom. The summed E-state index contributed by atoms with van der Waals surface area (Å²) >= 11 is 13.8. The molecule has 3 N–H and O–H groups in total. The van der Waals surface area contributed by atoms with Crippen LogP contribution in [0.15, 0.2) is 12.1 Å². The maximum absolute atomic E-state index is 6.35.